The highest BCUT2D eigenvalue weighted by molar-refractivity contribution is 5.04. The smallest absolute Gasteiger partial charge is 0.396 e. The molecule has 0 unspecified atom stereocenters. The highest BCUT2D eigenvalue weighted by Gasteiger charge is 2.83. The summed E-state index contributed by atoms with van der Waals surface area (Å²) >= 11 is 0. The minimum atomic E-state index is -7.19. The molecule has 216 valence electrons. The lowest BCUT2D eigenvalue weighted by Gasteiger charge is -2.38. The van der Waals surface area contributed by atoms with E-state index >= 15 is 0 Å². The Morgan fingerprint density at radius 2 is 1.16 bits per heavy atom. The SMILES string of the molecule is C=CCCOC(F)(F)C(F)(F)C(F)(F)C(F)(F)CC(F)(F)C(F)(F)CCCO.O=NO.c1ccccc1. The number of hydrogen-bond acceptors (Lipinski definition) is 4. The maximum absolute atomic E-state index is 13.5. The molecule has 0 aliphatic rings. The monoisotopic (exact) mass is 569 g/mol. The van der Waals surface area contributed by atoms with Gasteiger partial charge in [-0.05, 0) is 12.8 Å². The van der Waals surface area contributed by atoms with Crippen molar-refractivity contribution in [2.75, 3.05) is 13.2 Å². The molecule has 37 heavy (non-hydrogen) atoms. The number of aliphatic hydroxyl groups is 1. The Morgan fingerprint density at radius 3 is 1.51 bits per heavy atom. The van der Waals surface area contributed by atoms with E-state index < -0.39 is 74.6 Å². The average molecular weight is 569 g/mol. The van der Waals surface area contributed by atoms with Crippen LogP contribution in [0.3, 0.4) is 0 Å². The van der Waals surface area contributed by atoms with Crippen LogP contribution in [-0.4, -0.2) is 59.2 Å². The van der Waals surface area contributed by atoms with Crippen molar-refractivity contribution < 1.29 is 67.7 Å². The van der Waals surface area contributed by atoms with Crippen LogP contribution in [0.2, 0.25) is 0 Å². The minimum Gasteiger partial charge on any atom is -0.396 e. The van der Waals surface area contributed by atoms with Crippen molar-refractivity contribution in [2.45, 2.75) is 61.4 Å². The van der Waals surface area contributed by atoms with Crippen molar-refractivity contribution >= 4 is 0 Å². The zero-order chi connectivity index (χ0) is 29.6. The fourth-order valence-electron chi connectivity index (χ4n) is 2.16. The third-order valence-electron chi connectivity index (χ3n) is 4.12. The van der Waals surface area contributed by atoms with E-state index in [2.05, 4.69) is 11.3 Å². The zero-order valence-electron chi connectivity index (χ0n) is 18.7. The van der Waals surface area contributed by atoms with Crippen LogP contribution in [0.15, 0.2) is 54.4 Å². The molecule has 5 nitrogen and oxygen atoms in total. The van der Waals surface area contributed by atoms with Gasteiger partial charge in [0.2, 0.25) is 0 Å². The molecule has 0 heterocycles. The van der Waals surface area contributed by atoms with Crippen LogP contribution < -0.4 is 0 Å². The van der Waals surface area contributed by atoms with Gasteiger partial charge in [0.05, 0.1) is 13.0 Å². The van der Waals surface area contributed by atoms with Crippen molar-refractivity contribution in [2.24, 2.45) is 5.34 Å². The van der Waals surface area contributed by atoms with E-state index in [0.29, 0.717) is 0 Å². The first-order valence-corrected chi connectivity index (χ1v) is 9.84. The van der Waals surface area contributed by atoms with E-state index in [9.17, 15) is 52.7 Å². The topological polar surface area (TPSA) is 79.1 Å². The molecule has 17 heteroatoms. The molecular formula is C20H23F12NO4. The van der Waals surface area contributed by atoms with E-state index in [-0.39, 0.29) is 0 Å². The van der Waals surface area contributed by atoms with Crippen molar-refractivity contribution in [1.29, 1.82) is 0 Å². The molecule has 0 aliphatic heterocycles. The Balaban J connectivity index is 0. The first-order valence-electron chi connectivity index (χ1n) is 9.84. The molecule has 1 aromatic rings. The fraction of sp³-hybridized carbons (Fsp3) is 0.600. The second-order valence-corrected chi connectivity index (χ2v) is 6.95. The van der Waals surface area contributed by atoms with Crippen LogP contribution in [0, 0.1) is 4.91 Å². The quantitative estimate of drug-likeness (QED) is 0.0857. The van der Waals surface area contributed by atoms with Gasteiger partial charge in [0.15, 0.2) is 5.34 Å². The van der Waals surface area contributed by atoms with Gasteiger partial charge in [0.25, 0.3) is 0 Å². The lowest BCUT2D eigenvalue weighted by molar-refractivity contribution is -0.432. The molecule has 0 fully saturated rings. The maximum atomic E-state index is 13.5. The highest BCUT2D eigenvalue weighted by atomic mass is 19.4. The van der Waals surface area contributed by atoms with Crippen LogP contribution in [0.25, 0.3) is 0 Å². The molecule has 0 saturated heterocycles. The second kappa shape index (κ2) is 15.0. The number of aliphatic hydroxyl groups excluding tert-OH is 1. The van der Waals surface area contributed by atoms with Gasteiger partial charge in [-0.2, -0.15) is 52.7 Å². The van der Waals surface area contributed by atoms with E-state index in [4.69, 9.17) is 15.2 Å². The van der Waals surface area contributed by atoms with Gasteiger partial charge in [-0.3, -0.25) is 0 Å². The van der Waals surface area contributed by atoms with Gasteiger partial charge in [-0.15, -0.1) is 11.5 Å². The molecule has 0 saturated carbocycles. The third kappa shape index (κ3) is 10.4. The van der Waals surface area contributed by atoms with E-state index in [0.717, 1.165) is 6.08 Å². The van der Waals surface area contributed by atoms with Crippen molar-refractivity contribution in [3.63, 3.8) is 0 Å². The standard InChI is InChI=1S/C14H16F12O2.C6H6.HNO2/c1-2-3-7-28-14(25,26)13(23,24)12(21,22)11(19,20)8-10(17,18)9(15,16)5-4-6-27;1-2-4-6-5-3-1;2-1-3/h2,27H,1,3-8H2;1-6H;(H,2,3). The summed E-state index contributed by atoms with van der Waals surface area (Å²) in [5.74, 6) is -32.3. The second-order valence-electron chi connectivity index (χ2n) is 6.95. The predicted molar refractivity (Wildman–Crippen MR) is 105 cm³/mol. The Morgan fingerprint density at radius 1 is 0.757 bits per heavy atom. The van der Waals surface area contributed by atoms with Crippen molar-refractivity contribution in [1.82, 2.24) is 0 Å². The minimum absolute atomic E-state index is 0.581. The molecule has 0 aliphatic carbocycles. The average Bonchev–Trinajstić information content (AvgIpc) is 2.78. The summed E-state index contributed by atoms with van der Waals surface area (Å²) < 4.78 is 163. The Labute approximate surface area is 202 Å². The first kappa shape index (κ1) is 36.6. The predicted octanol–water partition coefficient (Wildman–Crippen LogP) is 7.34. The van der Waals surface area contributed by atoms with Gasteiger partial charge in [-0.1, -0.05) is 42.5 Å². The molecule has 0 spiro atoms. The van der Waals surface area contributed by atoms with Crippen LogP contribution in [0.1, 0.15) is 25.7 Å². The number of benzene rings is 1. The summed E-state index contributed by atoms with van der Waals surface area (Å²) in [6, 6.07) is 12.0. The number of halogens is 12. The van der Waals surface area contributed by atoms with Crippen LogP contribution in [0.4, 0.5) is 52.7 Å². The zero-order valence-corrected chi connectivity index (χ0v) is 18.7. The summed E-state index contributed by atoms with van der Waals surface area (Å²) in [5, 5.41) is 16.2. The largest absolute Gasteiger partial charge is 0.426 e. The number of rotatable bonds is 13. The normalized spacial score (nSPS) is 13.0. The van der Waals surface area contributed by atoms with Gasteiger partial charge < -0.3 is 15.1 Å². The molecule has 0 aromatic heterocycles. The maximum Gasteiger partial charge on any atom is 0.426 e. The lowest BCUT2D eigenvalue weighted by atomic mass is 9.93. The van der Waals surface area contributed by atoms with Gasteiger partial charge in [0.1, 0.15) is 0 Å². The molecule has 0 bridgehead atoms. The Bertz CT molecular complexity index is 753. The lowest BCUT2D eigenvalue weighted by Crippen LogP contribution is -2.64. The number of alkyl halides is 12. The van der Waals surface area contributed by atoms with Gasteiger partial charge in [-0.25, -0.2) is 0 Å². The van der Waals surface area contributed by atoms with Crippen LogP contribution in [0.5, 0.6) is 0 Å². The summed E-state index contributed by atoms with van der Waals surface area (Å²) in [6.45, 7) is 0.514. The molecule has 1 aromatic carbocycles. The molecule has 0 amide bonds. The van der Waals surface area contributed by atoms with E-state index in [1.165, 1.54) is 5.34 Å². The molecule has 0 atom stereocenters. The third-order valence-corrected chi connectivity index (χ3v) is 4.12. The first-order chi connectivity index (χ1) is 16.7. The fourth-order valence-corrected chi connectivity index (χ4v) is 2.16. The molecule has 2 N–H and O–H groups in total. The summed E-state index contributed by atoms with van der Waals surface area (Å²) in [4.78, 5) is 8.11. The van der Waals surface area contributed by atoms with E-state index in [1.807, 2.05) is 36.4 Å². The van der Waals surface area contributed by atoms with Crippen LogP contribution >= 0.6 is 0 Å². The van der Waals surface area contributed by atoms with Crippen LogP contribution in [-0.2, 0) is 4.74 Å². The summed E-state index contributed by atoms with van der Waals surface area (Å²) in [5.41, 5.74) is 0. The number of nitrogens with zero attached hydrogens (tertiary/aromatic N) is 1. The van der Waals surface area contributed by atoms with Crippen molar-refractivity contribution in [3.05, 3.63) is 54.0 Å². The Hall–Kier alpha value is -2.56. The molecular weight excluding hydrogens is 546 g/mol. The highest BCUT2D eigenvalue weighted by Crippen LogP contribution is 2.57. The van der Waals surface area contributed by atoms with Crippen molar-refractivity contribution in [3.8, 4) is 0 Å². The number of hydrogen-bond donors (Lipinski definition) is 2. The number of ether oxygens (including phenoxy) is 1. The summed E-state index contributed by atoms with van der Waals surface area (Å²) in [6.07, 6.45) is -12.9. The molecule has 0 radical (unpaired) electrons. The van der Waals surface area contributed by atoms with Gasteiger partial charge >= 0.3 is 35.7 Å². The Kier molecular flexibility index (Phi) is 14.8. The van der Waals surface area contributed by atoms with E-state index in [1.54, 1.807) is 0 Å². The summed E-state index contributed by atoms with van der Waals surface area (Å²) in [7, 11) is 0. The van der Waals surface area contributed by atoms with Gasteiger partial charge in [0, 0.05) is 13.0 Å². The molecule has 1 rings (SSSR count).